The SMILES string of the molecule is CCNC(c1ccc(OC)c(Cl)c1OC)C1OCCC1C. The molecule has 1 aliphatic heterocycles. The van der Waals surface area contributed by atoms with Gasteiger partial charge in [-0.05, 0) is 31.0 Å². The van der Waals surface area contributed by atoms with Crippen LogP contribution in [0.2, 0.25) is 5.02 Å². The van der Waals surface area contributed by atoms with Gasteiger partial charge in [-0.1, -0.05) is 25.4 Å². The Morgan fingerprint density at radius 2 is 2.14 bits per heavy atom. The Morgan fingerprint density at radius 3 is 2.67 bits per heavy atom. The van der Waals surface area contributed by atoms with E-state index in [1.165, 1.54) is 0 Å². The number of hydrogen-bond donors (Lipinski definition) is 1. The molecular weight excluding hydrogens is 290 g/mol. The van der Waals surface area contributed by atoms with Gasteiger partial charge >= 0.3 is 0 Å². The normalized spacial score (nSPS) is 23.1. The number of hydrogen-bond acceptors (Lipinski definition) is 4. The van der Waals surface area contributed by atoms with E-state index >= 15 is 0 Å². The number of likely N-dealkylation sites (N-methyl/N-ethyl adjacent to an activating group) is 1. The zero-order valence-electron chi connectivity index (χ0n) is 13.1. The van der Waals surface area contributed by atoms with Crippen LogP contribution in [-0.2, 0) is 4.74 Å². The summed E-state index contributed by atoms with van der Waals surface area (Å²) < 4.78 is 16.7. The Labute approximate surface area is 131 Å². The fourth-order valence-corrected chi connectivity index (χ4v) is 3.26. The molecule has 0 amide bonds. The maximum atomic E-state index is 6.38. The third-order valence-corrected chi connectivity index (χ3v) is 4.41. The second kappa shape index (κ2) is 7.34. The van der Waals surface area contributed by atoms with Crippen LogP contribution < -0.4 is 14.8 Å². The predicted octanol–water partition coefficient (Wildman–Crippen LogP) is 3.43. The van der Waals surface area contributed by atoms with E-state index in [2.05, 4.69) is 19.2 Å². The van der Waals surface area contributed by atoms with Crippen LogP contribution in [0.5, 0.6) is 11.5 Å². The van der Waals surface area contributed by atoms with Crippen LogP contribution in [0, 0.1) is 5.92 Å². The summed E-state index contributed by atoms with van der Waals surface area (Å²) in [5.74, 6) is 1.78. The van der Waals surface area contributed by atoms with E-state index in [0.29, 0.717) is 22.4 Å². The molecule has 1 aromatic carbocycles. The summed E-state index contributed by atoms with van der Waals surface area (Å²) in [6.45, 7) is 5.97. The fraction of sp³-hybridized carbons (Fsp3) is 0.625. The van der Waals surface area contributed by atoms with Crippen LogP contribution in [0.1, 0.15) is 31.9 Å². The molecule has 21 heavy (non-hydrogen) atoms. The summed E-state index contributed by atoms with van der Waals surface area (Å²) in [6, 6.07) is 3.95. The number of rotatable bonds is 6. The van der Waals surface area contributed by atoms with Gasteiger partial charge < -0.3 is 19.5 Å². The zero-order valence-corrected chi connectivity index (χ0v) is 13.9. The quantitative estimate of drug-likeness (QED) is 0.873. The Bertz CT molecular complexity index is 481. The highest BCUT2D eigenvalue weighted by molar-refractivity contribution is 6.33. The van der Waals surface area contributed by atoms with Gasteiger partial charge in [0.05, 0.1) is 26.4 Å². The van der Waals surface area contributed by atoms with Crippen LogP contribution in [-0.4, -0.2) is 33.5 Å². The molecule has 0 saturated carbocycles. The largest absolute Gasteiger partial charge is 0.495 e. The molecule has 3 atom stereocenters. The molecule has 118 valence electrons. The number of halogens is 1. The number of nitrogens with one attached hydrogen (secondary N) is 1. The van der Waals surface area contributed by atoms with Crippen molar-refractivity contribution in [1.82, 2.24) is 5.32 Å². The van der Waals surface area contributed by atoms with Crippen molar-refractivity contribution in [2.45, 2.75) is 32.4 Å². The van der Waals surface area contributed by atoms with E-state index in [0.717, 1.165) is 25.1 Å². The van der Waals surface area contributed by atoms with Gasteiger partial charge in [-0.3, -0.25) is 0 Å². The molecule has 4 nitrogen and oxygen atoms in total. The minimum atomic E-state index is 0.0610. The summed E-state index contributed by atoms with van der Waals surface area (Å²) in [4.78, 5) is 0. The zero-order chi connectivity index (χ0) is 15.4. The molecule has 1 heterocycles. The molecule has 1 aliphatic rings. The van der Waals surface area contributed by atoms with Gasteiger partial charge in [-0.2, -0.15) is 0 Å². The van der Waals surface area contributed by atoms with Crippen LogP contribution in [0.15, 0.2) is 12.1 Å². The van der Waals surface area contributed by atoms with Gasteiger partial charge in [0.2, 0.25) is 0 Å². The second-order valence-electron chi connectivity index (χ2n) is 5.34. The lowest BCUT2D eigenvalue weighted by atomic mass is 9.91. The second-order valence-corrected chi connectivity index (χ2v) is 5.72. The first-order valence-corrected chi connectivity index (χ1v) is 7.77. The fourth-order valence-electron chi connectivity index (χ4n) is 2.93. The predicted molar refractivity (Wildman–Crippen MR) is 84.5 cm³/mol. The lowest BCUT2D eigenvalue weighted by Gasteiger charge is -2.29. The number of ether oxygens (including phenoxy) is 3. The lowest BCUT2D eigenvalue weighted by molar-refractivity contribution is 0.0604. The van der Waals surface area contributed by atoms with Crippen molar-refractivity contribution in [2.24, 2.45) is 5.92 Å². The van der Waals surface area contributed by atoms with E-state index in [4.69, 9.17) is 25.8 Å². The van der Waals surface area contributed by atoms with Gasteiger partial charge in [0.15, 0.2) is 0 Å². The van der Waals surface area contributed by atoms with Crippen molar-refractivity contribution < 1.29 is 14.2 Å². The Kier molecular flexibility index (Phi) is 5.73. The molecule has 0 aliphatic carbocycles. The van der Waals surface area contributed by atoms with Gasteiger partial charge in [0, 0.05) is 12.2 Å². The summed E-state index contributed by atoms with van der Waals surface area (Å²) in [7, 11) is 3.23. The first kappa shape index (κ1) is 16.4. The minimum absolute atomic E-state index is 0.0610. The topological polar surface area (TPSA) is 39.7 Å². The van der Waals surface area contributed by atoms with E-state index in [1.807, 2.05) is 12.1 Å². The molecule has 5 heteroatoms. The van der Waals surface area contributed by atoms with Crippen molar-refractivity contribution in [3.8, 4) is 11.5 Å². The third-order valence-electron chi connectivity index (χ3n) is 4.05. The first-order valence-electron chi connectivity index (χ1n) is 7.39. The maximum absolute atomic E-state index is 6.38. The Hall–Kier alpha value is -0.970. The molecule has 2 rings (SSSR count). The van der Waals surface area contributed by atoms with E-state index in [1.54, 1.807) is 14.2 Å². The van der Waals surface area contributed by atoms with Crippen molar-refractivity contribution in [2.75, 3.05) is 27.4 Å². The summed E-state index contributed by atoms with van der Waals surface area (Å²) in [6.07, 6.45) is 1.21. The molecule has 0 aromatic heterocycles. The molecule has 0 bridgehead atoms. The molecular formula is C16H24ClNO3. The Morgan fingerprint density at radius 1 is 1.38 bits per heavy atom. The van der Waals surface area contributed by atoms with Gasteiger partial charge in [-0.25, -0.2) is 0 Å². The molecule has 1 saturated heterocycles. The molecule has 0 spiro atoms. The van der Waals surface area contributed by atoms with E-state index in [-0.39, 0.29) is 12.1 Å². The highest BCUT2D eigenvalue weighted by atomic mass is 35.5. The van der Waals surface area contributed by atoms with Crippen molar-refractivity contribution in [3.63, 3.8) is 0 Å². The standard InChI is InChI=1S/C16H24ClNO3/c1-5-18-14(15-10(2)8-9-21-15)11-6-7-12(19-3)13(17)16(11)20-4/h6-7,10,14-15,18H,5,8-9H2,1-4H3. The van der Waals surface area contributed by atoms with Crippen molar-refractivity contribution in [3.05, 3.63) is 22.7 Å². The van der Waals surface area contributed by atoms with Gasteiger partial charge in [0.1, 0.15) is 16.5 Å². The molecule has 0 radical (unpaired) electrons. The highest BCUT2D eigenvalue weighted by Crippen LogP contribution is 2.42. The number of benzene rings is 1. The molecule has 3 unspecified atom stereocenters. The van der Waals surface area contributed by atoms with Crippen LogP contribution in [0.4, 0.5) is 0 Å². The monoisotopic (exact) mass is 313 g/mol. The smallest absolute Gasteiger partial charge is 0.146 e. The third kappa shape index (κ3) is 3.28. The van der Waals surface area contributed by atoms with Gasteiger partial charge in [-0.15, -0.1) is 0 Å². The average Bonchev–Trinajstić information content (AvgIpc) is 2.90. The summed E-state index contributed by atoms with van der Waals surface area (Å²) in [5.41, 5.74) is 1.02. The van der Waals surface area contributed by atoms with Crippen LogP contribution >= 0.6 is 11.6 Å². The molecule has 1 N–H and O–H groups in total. The first-order chi connectivity index (χ1) is 10.1. The summed E-state index contributed by atoms with van der Waals surface area (Å²) >= 11 is 6.38. The average molecular weight is 314 g/mol. The minimum Gasteiger partial charge on any atom is -0.495 e. The highest BCUT2D eigenvalue weighted by Gasteiger charge is 2.34. The summed E-state index contributed by atoms with van der Waals surface area (Å²) in [5, 5.41) is 4.01. The molecule has 1 aromatic rings. The van der Waals surface area contributed by atoms with Crippen molar-refractivity contribution in [1.29, 1.82) is 0 Å². The van der Waals surface area contributed by atoms with Crippen LogP contribution in [0.3, 0.4) is 0 Å². The van der Waals surface area contributed by atoms with Gasteiger partial charge in [0.25, 0.3) is 0 Å². The van der Waals surface area contributed by atoms with E-state index < -0.39 is 0 Å². The number of methoxy groups -OCH3 is 2. The van der Waals surface area contributed by atoms with E-state index in [9.17, 15) is 0 Å². The van der Waals surface area contributed by atoms with Crippen molar-refractivity contribution >= 4 is 11.6 Å². The lowest BCUT2D eigenvalue weighted by Crippen LogP contribution is -2.35. The maximum Gasteiger partial charge on any atom is 0.146 e. The molecule has 1 fully saturated rings. The Balaban J connectivity index is 2.42. The van der Waals surface area contributed by atoms with Crippen LogP contribution in [0.25, 0.3) is 0 Å².